The highest BCUT2D eigenvalue weighted by atomic mass is 14.0. The minimum atomic E-state index is 0.838. The van der Waals surface area contributed by atoms with Crippen LogP contribution in [0.2, 0.25) is 0 Å². The lowest BCUT2D eigenvalue weighted by molar-refractivity contribution is 1.08. The van der Waals surface area contributed by atoms with Crippen molar-refractivity contribution in [3.05, 3.63) is 35.5 Å². The van der Waals surface area contributed by atoms with E-state index >= 15 is 0 Å². The first kappa shape index (κ1) is 7.88. The minimum absolute atomic E-state index is 0.838. The fourth-order valence-electron chi connectivity index (χ4n) is 1.06. The molecule has 0 saturated carbocycles. The number of unbranched alkanes of at least 4 members (excludes halogenated alkanes) is 1. The van der Waals surface area contributed by atoms with E-state index in [1.54, 1.807) is 0 Å². The first-order valence-corrected chi connectivity index (χ1v) is 3.83. The van der Waals surface area contributed by atoms with Crippen molar-refractivity contribution >= 4 is 0 Å². The molecule has 0 aromatic heterocycles. The number of hydrogen-bond donors (Lipinski definition) is 0. The normalized spacial score (nSPS) is 18.5. The lowest BCUT2D eigenvalue weighted by Crippen LogP contribution is -1.75. The molecule has 1 aliphatic rings. The van der Waals surface area contributed by atoms with Crippen molar-refractivity contribution in [2.75, 3.05) is 0 Å². The quantitative estimate of drug-likeness (QED) is 0.413. The van der Waals surface area contributed by atoms with Gasteiger partial charge in [0.05, 0.1) is 0 Å². The van der Waals surface area contributed by atoms with Gasteiger partial charge in [-0.15, -0.1) is 12.3 Å². The fraction of sp³-hybridized carbons (Fsp3) is 0.273. The van der Waals surface area contributed by atoms with Gasteiger partial charge in [-0.3, -0.25) is 0 Å². The van der Waals surface area contributed by atoms with Crippen molar-refractivity contribution in [3.8, 4) is 12.3 Å². The zero-order chi connectivity index (χ0) is 8.10. The Labute approximate surface area is 68.3 Å². The maximum Gasteiger partial charge on any atom is 0.0121 e. The van der Waals surface area contributed by atoms with E-state index < -0.39 is 0 Å². The first-order chi connectivity index (χ1) is 5.34. The summed E-state index contributed by atoms with van der Waals surface area (Å²) in [6.45, 7) is 2.11. The zero-order valence-electron chi connectivity index (χ0n) is 6.80. The second kappa shape index (κ2) is 3.83. The van der Waals surface area contributed by atoms with Crippen LogP contribution in [0.15, 0.2) is 35.5 Å². The van der Waals surface area contributed by atoms with Crippen molar-refractivity contribution in [2.24, 2.45) is 0 Å². The molecule has 0 aliphatic heterocycles. The molecular formula is C11H12. The Kier molecular flexibility index (Phi) is 2.74. The van der Waals surface area contributed by atoms with Gasteiger partial charge in [0.15, 0.2) is 0 Å². The van der Waals surface area contributed by atoms with Crippen molar-refractivity contribution < 1.29 is 0 Å². The lowest BCUT2D eigenvalue weighted by atomic mass is 10.1. The van der Waals surface area contributed by atoms with Gasteiger partial charge < -0.3 is 0 Å². The molecule has 0 radical (unpaired) electrons. The molecule has 0 heteroatoms. The zero-order valence-corrected chi connectivity index (χ0v) is 6.80. The van der Waals surface area contributed by atoms with Gasteiger partial charge in [-0.25, -0.2) is 0 Å². The van der Waals surface area contributed by atoms with Crippen LogP contribution in [0, 0.1) is 12.3 Å². The molecule has 1 aliphatic carbocycles. The average Bonchev–Trinajstić information content (AvgIpc) is 2.37. The Morgan fingerprint density at radius 3 is 3.00 bits per heavy atom. The van der Waals surface area contributed by atoms with Crippen LogP contribution < -0.4 is 0 Å². The lowest BCUT2D eigenvalue weighted by Gasteiger charge is -1.94. The summed E-state index contributed by atoms with van der Waals surface area (Å²) in [6, 6.07) is 0. The Morgan fingerprint density at radius 2 is 2.45 bits per heavy atom. The summed E-state index contributed by atoms with van der Waals surface area (Å²) < 4.78 is 0. The van der Waals surface area contributed by atoms with Gasteiger partial charge in [-0.05, 0) is 24.5 Å². The van der Waals surface area contributed by atoms with E-state index in [1.807, 2.05) is 0 Å². The smallest absolute Gasteiger partial charge is 0.0121 e. The van der Waals surface area contributed by atoms with E-state index in [0.29, 0.717) is 0 Å². The Bertz CT molecular complexity index is 256. The minimum Gasteiger partial charge on any atom is -0.120 e. The van der Waals surface area contributed by atoms with E-state index in [9.17, 15) is 0 Å². The summed E-state index contributed by atoms with van der Waals surface area (Å²) in [7, 11) is 0. The third-order valence-corrected chi connectivity index (χ3v) is 1.73. The summed E-state index contributed by atoms with van der Waals surface area (Å²) in [6.07, 6.45) is 15.4. The molecule has 0 heterocycles. The van der Waals surface area contributed by atoms with Gasteiger partial charge in [0.25, 0.3) is 0 Å². The molecule has 0 spiro atoms. The molecule has 0 saturated heterocycles. The summed E-state index contributed by atoms with van der Waals surface area (Å²) >= 11 is 0. The molecular weight excluding hydrogens is 132 g/mol. The van der Waals surface area contributed by atoms with E-state index in [1.165, 1.54) is 11.1 Å². The standard InChI is InChI=1S/C11H12/c1-3-4-5-8-11-9-6-7-10(11)2/h1,6-9H,4-5H2,2H3. The number of rotatable bonds is 2. The maximum absolute atomic E-state index is 5.14. The topological polar surface area (TPSA) is 0 Å². The number of terminal acetylenes is 1. The third-order valence-electron chi connectivity index (χ3n) is 1.73. The highest BCUT2D eigenvalue weighted by molar-refractivity contribution is 5.46. The molecule has 0 fully saturated rings. The second-order valence-corrected chi connectivity index (χ2v) is 2.61. The van der Waals surface area contributed by atoms with E-state index in [0.717, 1.165) is 12.8 Å². The van der Waals surface area contributed by atoms with Gasteiger partial charge in [0, 0.05) is 6.42 Å². The van der Waals surface area contributed by atoms with Crippen LogP contribution in [0.1, 0.15) is 19.8 Å². The molecule has 0 aromatic carbocycles. The van der Waals surface area contributed by atoms with Crippen LogP contribution >= 0.6 is 0 Å². The second-order valence-electron chi connectivity index (χ2n) is 2.61. The van der Waals surface area contributed by atoms with Gasteiger partial charge in [0.2, 0.25) is 0 Å². The number of hydrogen-bond acceptors (Lipinski definition) is 0. The fourth-order valence-corrected chi connectivity index (χ4v) is 1.06. The Balaban J connectivity index is 2.49. The van der Waals surface area contributed by atoms with Crippen molar-refractivity contribution in [1.29, 1.82) is 0 Å². The SMILES string of the molecule is C#CCCC=C1C=CC=C1C. The molecule has 0 amide bonds. The van der Waals surface area contributed by atoms with Crippen molar-refractivity contribution in [1.82, 2.24) is 0 Å². The molecule has 0 nitrogen and oxygen atoms in total. The van der Waals surface area contributed by atoms with Gasteiger partial charge in [-0.1, -0.05) is 24.3 Å². The molecule has 0 bridgehead atoms. The van der Waals surface area contributed by atoms with Crippen LogP contribution in [-0.2, 0) is 0 Å². The largest absolute Gasteiger partial charge is 0.120 e. The van der Waals surface area contributed by atoms with Crippen LogP contribution in [0.5, 0.6) is 0 Å². The summed E-state index contributed by atoms with van der Waals surface area (Å²) in [5.41, 5.74) is 2.65. The average molecular weight is 144 g/mol. The van der Waals surface area contributed by atoms with Gasteiger partial charge in [0.1, 0.15) is 0 Å². The maximum atomic E-state index is 5.14. The predicted octanol–water partition coefficient (Wildman–Crippen LogP) is 2.84. The van der Waals surface area contributed by atoms with Crippen molar-refractivity contribution in [2.45, 2.75) is 19.8 Å². The molecule has 56 valence electrons. The van der Waals surface area contributed by atoms with Gasteiger partial charge in [-0.2, -0.15) is 0 Å². The highest BCUT2D eigenvalue weighted by Crippen LogP contribution is 2.17. The van der Waals surface area contributed by atoms with E-state index in [2.05, 4.69) is 37.1 Å². The van der Waals surface area contributed by atoms with E-state index in [4.69, 9.17) is 6.42 Å². The van der Waals surface area contributed by atoms with E-state index in [-0.39, 0.29) is 0 Å². The summed E-state index contributed by atoms with van der Waals surface area (Å²) in [4.78, 5) is 0. The summed E-state index contributed by atoms with van der Waals surface area (Å²) in [5.74, 6) is 2.62. The molecule has 0 N–H and O–H groups in total. The van der Waals surface area contributed by atoms with Gasteiger partial charge >= 0.3 is 0 Å². The Morgan fingerprint density at radius 1 is 1.64 bits per heavy atom. The van der Waals surface area contributed by atoms with Crippen LogP contribution in [0.4, 0.5) is 0 Å². The molecule has 1 rings (SSSR count). The third kappa shape index (κ3) is 2.13. The Hall–Kier alpha value is -1.22. The monoisotopic (exact) mass is 144 g/mol. The molecule has 0 unspecified atom stereocenters. The van der Waals surface area contributed by atoms with Crippen molar-refractivity contribution in [3.63, 3.8) is 0 Å². The predicted molar refractivity (Wildman–Crippen MR) is 49.0 cm³/mol. The highest BCUT2D eigenvalue weighted by Gasteiger charge is 1.98. The van der Waals surface area contributed by atoms with Crippen LogP contribution in [0.25, 0.3) is 0 Å². The first-order valence-electron chi connectivity index (χ1n) is 3.83. The van der Waals surface area contributed by atoms with Crippen LogP contribution in [0.3, 0.4) is 0 Å². The molecule has 0 aromatic rings. The molecule has 0 atom stereocenters. The summed E-state index contributed by atoms with van der Waals surface area (Å²) in [5, 5.41) is 0. The van der Waals surface area contributed by atoms with Crippen LogP contribution in [-0.4, -0.2) is 0 Å². The number of allylic oxidation sites excluding steroid dienone is 6. The molecule has 11 heavy (non-hydrogen) atoms.